The van der Waals surface area contributed by atoms with E-state index in [1.54, 1.807) is 0 Å². The van der Waals surface area contributed by atoms with Crippen LogP contribution in [0.1, 0.15) is 13.8 Å². The van der Waals surface area contributed by atoms with Crippen LogP contribution in [0, 0.1) is 0 Å². The molecule has 1 aromatic rings. The summed E-state index contributed by atoms with van der Waals surface area (Å²) in [5.41, 5.74) is 0. The van der Waals surface area contributed by atoms with E-state index in [9.17, 15) is 0 Å². The number of rotatable bonds is 7. The molecule has 0 bridgehead atoms. The molecule has 0 aromatic heterocycles. The summed E-state index contributed by atoms with van der Waals surface area (Å²) < 4.78 is 11.4. The maximum absolute atomic E-state index is 5.73. The van der Waals surface area contributed by atoms with E-state index >= 15 is 0 Å². The minimum Gasteiger partial charge on any atom is -0.379 e. The Labute approximate surface area is 126 Å². The molecule has 0 spiro atoms. The van der Waals surface area contributed by atoms with Crippen LogP contribution in [0.25, 0.3) is 0 Å². The largest absolute Gasteiger partial charge is 0.379 e. The minimum absolute atomic E-state index is 0.340. The number of thioether (sulfide) groups is 1. The van der Waals surface area contributed by atoms with E-state index in [2.05, 4.69) is 43.0 Å². The predicted molar refractivity (Wildman–Crippen MR) is 84.4 cm³/mol. The second-order valence-electron chi connectivity index (χ2n) is 5.29. The Morgan fingerprint density at radius 1 is 1.15 bits per heavy atom. The molecule has 0 saturated carbocycles. The molecule has 0 radical (unpaired) electrons. The van der Waals surface area contributed by atoms with Crippen molar-refractivity contribution < 1.29 is 9.47 Å². The molecule has 4 heteroatoms. The number of hydrogen-bond donors (Lipinski definition) is 0. The van der Waals surface area contributed by atoms with E-state index in [1.807, 2.05) is 17.8 Å². The van der Waals surface area contributed by atoms with Crippen LogP contribution in [0.2, 0.25) is 0 Å². The second kappa shape index (κ2) is 8.67. The van der Waals surface area contributed by atoms with Crippen LogP contribution >= 0.6 is 11.8 Å². The first-order valence-corrected chi connectivity index (χ1v) is 8.36. The SMILES string of the molecule is C[C@H]1CN(CCOCCSc2ccccc2)C[C@H](C)O1. The van der Waals surface area contributed by atoms with Gasteiger partial charge < -0.3 is 9.47 Å². The highest BCUT2D eigenvalue weighted by atomic mass is 32.2. The molecule has 112 valence electrons. The summed E-state index contributed by atoms with van der Waals surface area (Å²) in [7, 11) is 0. The van der Waals surface area contributed by atoms with Crippen LogP contribution in [-0.4, -0.2) is 55.7 Å². The van der Waals surface area contributed by atoms with Crippen molar-refractivity contribution in [1.82, 2.24) is 4.90 Å². The molecule has 1 aliphatic heterocycles. The Kier molecular flexibility index (Phi) is 6.87. The third kappa shape index (κ3) is 5.83. The lowest BCUT2D eigenvalue weighted by Crippen LogP contribution is -2.46. The maximum atomic E-state index is 5.73. The highest BCUT2D eigenvalue weighted by Gasteiger charge is 2.21. The first kappa shape index (κ1) is 15.8. The lowest BCUT2D eigenvalue weighted by Gasteiger charge is -2.35. The predicted octanol–water partition coefficient (Wildman–Crippen LogP) is 2.90. The summed E-state index contributed by atoms with van der Waals surface area (Å²) in [6.07, 6.45) is 0.680. The van der Waals surface area contributed by atoms with Crippen LogP contribution < -0.4 is 0 Å². The van der Waals surface area contributed by atoms with Crippen LogP contribution in [0.4, 0.5) is 0 Å². The van der Waals surface area contributed by atoms with Gasteiger partial charge in [-0.25, -0.2) is 0 Å². The molecule has 2 atom stereocenters. The molecular formula is C16H25NO2S. The van der Waals surface area contributed by atoms with Crippen LogP contribution in [0.3, 0.4) is 0 Å². The zero-order valence-corrected chi connectivity index (χ0v) is 13.3. The molecule has 0 aliphatic carbocycles. The average Bonchev–Trinajstić information content (AvgIpc) is 2.43. The van der Waals surface area contributed by atoms with Gasteiger partial charge in [-0.05, 0) is 26.0 Å². The van der Waals surface area contributed by atoms with Gasteiger partial charge in [0.05, 0.1) is 25.4 Å². The number of nitrogens with zero attached hydrogens (tertiary/aromatic N) is 1. The minimum atomic E-state index is 0.340. The molecular weight excluding hydrogens is 270 g/mol. The van der Waals surface area contributed by atoms with Gasteiger partial charge in [-0.15, -0.1) is 11.8 Å². The van der Waals surface area contributed by atoms with Crippen LogP contribution in [-0.2, 0) is 9.47 Å². The van der Waals surface area contributed by atoms with Crippen molar-refractivity contribution in [2.45, 2.75) is 31.0 Å². The molecule has 1 fully saturated rings. The Balaban J connectivity index is 1.51. The number of ether oxygens (including phenoxy) is 2. The zero-order valence-electron chi connectivity index (χ0n) is 12.5. The van der Waals surface area contributed by atoms with E-state index < -0.39 is 0 Å². The standard InChI is InChI=1S/C16H25NO2S/c1-14-12-17(13-15(2)19-14)8-9-18-10-11-20-16-6-4-3-5-7-16/h3-7,14-15H,8-13H2,1-2H3/t14-,15-/m0/s1. The summed E-state index contributed by atoms with van der Waals surface area (Å²) in [6.45, 7) is 8.96. The van der Waals surface area contributed by atoms with Crippen LogP contribution in [0.15, 0.2) is 35.2 Å². The number of hydrogen-bond acceptors (Lipinski definition) is 4. The summed E-state index contributed by atoms with van der Waals surface area (Å²) in [6, 6.07) is 10.5. The fourth-order valence-corrected chi connectivity index (χ4v) is 3.28. The van der Waals surface area contributed by atoms with Crippen molar-refractivity contribution in [3.8, 4) is 0 Å². The molecule has 2 rings (SSSR count). The van der Waals surface area contributed by atoms with Gasteiger partial charge in [0.15, 0.2) is 0 Å². The Morgan fingerprint density at radius 3 is 2.55 bits per heavy atom. The first-order valence-electron chi connectivity index (χ1n) is 7.37. The van der Waals surface area contributed by atoms with Gasteiger partial charge in [0.25, 0.3) is 0 Å². The van der Waals surface area contributed by atoms with E-state index in [-0.39, 0.29) is 0 Å². The number of morpholine rings is 1. The van der Waals surface area contributed by atoms with Crippen molar-refractivity contribution in [3.63, 3.8) is 0 Å². The monoisotopic (exact) mass is 295 g/mol. The van der Waals surface area contributed by atoms with E-state index in [4.69, 9.17) is 9.47 Å². The summed E-state index contributed by atoms with van der Waals surface area (Å²) in [4.78, 5) is 3.75. The van der Waals surface area contributed by atoms with Gasteiger partial charge in [-0.3, -0.25) is 4.90 Å². The van der Waals surface area contributed by atoms with Crippen molar-refractivity contribution >= 4 is 11.8 Å². The van der Waals surface area contributed by atoms with Gasteiger partial charge in [0.2, 0.25) is 0 Å². The lowest BCUT2D eigenvalue weighted by atomic mass is 10.2. The summed E-state index contributed by atoms with van der Waals surface area (Å²) >= 11 is 1.85. The normalized spacial score (nSPS) is 23.9. The summed E-state index contributed by atoms with van der Waals surface area (Å²) in [5.74, 6) is 1.01. The van der Waals surface area contributed by atoms with Crippen molar-refractivity contribution in [2.24, 2.45) is 0 Å². The Hall–Kier alpha value is -0.550. The van der Waals surface area contributed by atoms with Gasteiger partial charge in [0, 0.05) is 30.3 Å². The van der Waals surface area contributed by atoms with Crippen molar-refractivity contribution in [1.29, 1.82) is 0 Å². The van der Waals surface area contributed by atoms with Crippen molar-refractivity contribution in [2.75, 3.05) is 38.6 Å². The molecule has 0 amide bonds. The average molecular weight is 295 g/mol. The van der Waals surface area contributed by atoms with Crippen molar-refractivity contribution in [3.05, 3.63) is 30.3 Å². The fraction of sp³-hybridized carbons (Fsp3) is 0.625. The molecule has 1 aliphatic rings. The topological polar surface area (TPSA) is 21.7 Å². The fourth-order valence-electron chi connectivity index (χ4n) is 2.50. The summed E-state index contributed by atoms with van der Waals surface area (Å²) in [5, 5.41) is 0. The molecule has 0 unspecified atom stereocenters. The molecule has 3 nitrogen and oxygen atoms in total. The molecule has 1 aromatic carbocycles. The number of benzene rings is 1. The first-order chi connectivity index (χ1) is 9.74. The molecule has 20 heavy (non-hydrogen) atoms. The Bertz CT molecular complexity index is 364. The quantitative estimate of drug-likeness (QED) is 0.569. The zero-order chi connectivity index (χ0) is 14.2. The van der Waals surface area contributed by atoms with Gasteiger partial charge in [-0.1, -0.05) is 18.2 Å². The second-order valence-corrected chi connectivity index (χ2v) is 6.46. The van der Waals surface area contributed by atoms with Crippen LogP contribution in [0.5, 0.6) is 0 Å². The van der Waals surface area contributed by atoms with E-state index in [0.717, 1.165) is 38.6 Å². The van der Waals surface area contributed by atoms with E-state index in [0.29, 0.717) is 12.2 Å². The Morgan fingerprint density at radius 2 is 1.85 bits per heavy atom. The molecule has 0 N–H and O–H groups in total. The molecule has 1 saturated heterocycles. The highest BCUT2D eigenvalue weighted by Crippen LogP contribution is 2.16. The lowest BCUT2D eigenvalue weighted by molar-refractivity contribution is -0.0726. The molecule has 1 heterocycles. The van der Waals surface area contributed by atoms with E-state index in [1.165, 1.54) is 4.90 Å². The maximum Gasteiger partial charge on any atom is 0.0678 e. The van der Waals surface area contributed by atoms with Gasteiger partial charge >= 0.3 is 0 Å². The highest BCUT2D eigenvalue weighted by molar-refractivity contribution is 7.99. The van der Waals surface area contributed by atoms with Gasteiger partial charge in [-0.2, -0.15) is 0 Å². The van der Waals surface area contributed by atoms with Gasteiger partial charge in [0.1, 0.15) is 0 Å². The smallest absolute Gasteiger partial charge is 0.0678 e. The third-order valence-corrected chi connectivity index (χ3v) is 4.26. The third-order valence-electron chi connectivity index (χ3n) is 3.29.